The molecule has 1 aromatic rings. The van der Waals surface area contributed by atoms with Crippen molar-refractivity contribution in [3.05, 3.63) is 32.6 Å². The second kappa shape index (κ2) is 6.45. The van der Waals surface area contributed by atoms with Crippen LogP contribution in [0.2, 0.25) is 0 Å². The third kappa shape index (κ3) is 3.05. The third-order valence-electron chi connectivity index (χ3n) is 3.61. The van der Waals surface area contributed by atoms with Gasteiger partial charge >= 0.3 is 5.69 Å². The molecule has 0 spiro atoms. The van der Waals surface area contributed by atoms with Gasteiger partial charge in [-0.2, -0.15) is 0 Å². The van der Waals surface area contributed by atoms with Gasteiger partial charge in [0.1, 0.15) is 18.9 Å². The molecular formula is C14H16ClFN2O5. The van der Waals surface area contributed by atoms with E-state index in [-0.39, 0.29) is 5.69 Å². The predicted octanol–water partition coefficient (Wildman–Crippen LogP) is -0.565. The SMILES string of the molecule is Cc1cc(=O)[nH]c(=O)n1[C@@H]1O[C@H]([C@@H](C)O)C(O)[C@]1(Cl)C#CCF. The summed E-state index contributed by atoms with van der Waals surface area (Å²) in [4.78, 5) is 23.6. The number of nitrogens with zero attached hydrogens (tertiary/aromatic N) is 1. The molecule has 2 heterocycles. The zero-order valence-corrected chi connectivity index (χ0v) is 13.2. The first-order valence-corrected chi connectivity index (χ1v) is 7.19. The zero-order chi connectivity index (χ0) is 17.4. The average molecular weight is 347 g/mol. The first kappa shape index (κ1) is 17.7. The number of halogens is 2. The summed E-state index contributed by atoms with van der Waals surface area (Å²) < 4.78 is 18.9. The van der Waals surface area contributed by atoms with E-state index in [0.717, 1.165) is 10.6 Å². The summed E-state index contributed by atoms with van der Waals surface area (Å²) in [6, 6.07) is 1.15. The van der Waals surface area contributed by atoms with Crippen LogP contribution in [-0.4, -0.2) is 49.6 Å². The highest BCUT2D eigenvalue weighted by Gasteiger charge is 2.57. The quantitative estimate of drug-likeness (QED) is 0.491. The minimum atomic E-state index is -1.86. The van der Waals surface area contributed by atoms with Crippen LogP contribution in [-0.2, 0) is 4.74 Å². The number of rotatable bonds is 2. The summed E-state index contributed by atoms with van der Waals surface area (Å²) in [7, 11) is 0. The molecule has 0 saturated carbocycles. The Labute approximate surface area is 135 Å². The number of aliphatic hydroxyl groups is 2. The van der Waals surface area contributed by atoms with Crippen LogP contribution in [0.4, 0.5) is 4.39 Å². The smallest absolute Gasteiger partial charge is 0.330 e. The maximum Gasteiger partial charge on any atom is 0.330 e. The van der Waals surface area contributed by atoms with Crippen molar-refractivity contribution in [3.63, 3.8) is 0 Å². The molecule has 9 heteroatoms. The van der Waals surface area contributed by atoms with E-state index in [1.807, 2.05) is 0 Å². The summed E-state index contributed by atoms with van der Waals surface area (Å²) in [5.41, 5.74) is -1.20. The molecule has 1 unspecified atom stereocenters. The van der Waals surface area contributed by atoms with Crippen LogP contribution in [0.1, 0.15) is 18.8 Å². The van der Waals surface area contributed by atoms with Gasteiger partial charge in [-0.15, -0.1) is 0 Å². The number of alkyl halides is 2. The van der Waals surface area contributed by atoms with E-state index >= 15 is 0 Å². The van der Waals surface area contributed by atoms with Gasteiger partial charge in [-0.1, -0.05) is 23.4 Å². The molecule has 0 radical (unpaired) electrons. The van der Waals surface area contributed by atoms with Gasteiger partial charge in [0.2, 0.25) is 0 Å². The number of hydrogen-bond donors (Lipinski definition) is 3. The average Bonchev–Trinajstić information content (AvgIpc) is 2.70. The Hall–Kier alpha value is -1.66. The number of nitrogens with one attached hydrogen (secondary N) is 1. The molecular weight excluding hydrogens is 331 g/mol. The molecule has 5 atom stereocenters. The second-order valence-electron chi connectivity index (χ2n) is 5.29. The van der Waals surface area contributed by atoms with E-state index in [2.05, 4.69) is 16.8 Å². The standard InChI is InChI=1S/C14H16ClFN2O5/c1-7-6-9(20)17-13(22)18(7)12-14(15,4-3-5-16)11(21)10(23-12)8(2)19/h6,8,10-12,19,21H,5H2,1-2H3,(H,17,20,22)/t8-,10-,11?,12-,14-/m1/s1. The van der Waals surface area contributed by atoms with Crippen molar-refractivity contribution in [1.29, 1.82) is 0 Å². The van der Waals surface area contributed by atoms with Crippen LogP contribution in [0.3, 0.4) is 0 Å². The largest absolute Gasteiger partial charge is 0.391 e. The molecule has 0 aromatic carbocycles. The van der Waals surface area contributed by atoms with E-state index in [0.29, 0.717) is 0 Å². The molecule has 0 bridgehead atoms. The fraction of sp³-hybridized carbons (Fsp3) is 0.571. The van der Waals surface area contributed by atoms with Gasteiger partial charge < -0.3 is 14.9 Å². The Morgan fingerprint density at radius 1 is 1.61 bits per heavy atom. The fourth-order valence-corrected chi connectivity index (χ4v) is 2.89. The van der Waals surface area contributed by atoms with Gasteiger partial charge in [0.05, 0.1) is 6.10 Å². The molecule has 3 N–H and O–H groups in total. The lowest BCUT2D eigenvalue weighted by molar-refractivity contribution is -0.0778. The first-order chi connectivity index (χ1) is 10.7. The lowest BCUT2D eigenvalue weighted by Gasteiger charge is -2.26. The van der Waals surface area contributed by atoms with Crippen molar-refractivity contribution in [1.82, 2.24) is 9.55 Å². The van der Waals surface area contributed by atoms with Gasteiger partial charge in [-0.25, -0.2) is 9.18 Å². The molecule has 7 nitrogen and oxygen atoms in total. The maximum atomic E-state index is 12.4. The summed E-state index contributed by atoms with van der Waals surface area (Å²) in [5, 5.41) is 20.1. The number of aromatic amines is 1. The van der Waals surface area contributed by atoms with Crippen molar-refractivity contribution in [2.45, 2.75) is 43.3 Å². The maximum absolute atomic E-state index is 12.4. The first-order valence-electron chi connectivity index (χ1n) is 6.81. The molecule has 1 fully saturated rings. The summed E-state index contributed by atoms with van der Waals surface area (Å²) in [5.74, 6) is 4.48. The van der Waals surface area contributed by atoms with E-state index in [1.54, 1.807) is 0 Å². The van der Waals surface area contributed by atoms with Crippen LogP contribution >= 0.6 is 11.6 Å². The number of H-pyrrole nitrogens is 1. The Balaban J connectivity index is 2.63. The summed E-state index contributed by atoms with van der Waals surface area (Å²) in [6.45, 7) is 1.84. The van der Waals surface area contributed by atoms with E-state index in [9.17, 15) is 24.2 Å². The lowest BCUT2D eigenvalue weighted by atomic mass is 9.96. The van der Waals surface area contributed by atoms with Crippen molar-refractivity contribution in [2.24, 2.45) is 0 Å². The van der Waals surface area contributed by atoms with Crippen LogP contribution in [0, 0.1) is 18.8 Å². The topological polar surface area (TPSA) is 105 Å². The van der Waals surface area contributed by atoms with Gasteiger partial charge in [-0.3, -0.25) is 14.3 Å². The van der Waals surface area contributed by atoms with Crippen molar-refractivity contribution in [2.75, 3.05) is 6.67 Å². The van der Waals surface area contributed by atoms with Gasteiger partial charge in [0.25, 0.3) is 5.56 Å². The number of aromatic nitrogens is 2. The number of aryl methyl sites for hydroxylation is 1. The molecule has 0 aliphatic carbocycles. The monoisotopic (exact) mass is 346 g/mol. The van der Waals surface area contributed by atoms with Crippen molar-refractivity contribution < 1.29 is 19.3 Å². The Morgan fingerprint density at radius 3 is 2.78 bits per heavy atom. The van der Waals surface area contributed by atoms with E-state index < -0.39 is 47.3 Å². The second-order valence-corrected chi connectivity index (χ2v) is 5.92. The summed E-state index contributed by atoms with van der Waals surface area (Å²) >= 11 is 6.34. The highest BCUT2D eigenvalue weighted by Crippen LogP contribution is 2.43. The van der Waals surface area contributed by atoms with E-state index in [4.69, 9.17) is 16.3 Å². The minimum absolute atomic E-state index is 0.217. The molecule has 23 heavy (non-hydrogen) atoms. The molecule has 1 aromatic heterocycles. The van der Waals surface area contributed by atoms with E-state index in [1.165, 1.54) is 13.8 Å². The molecule has 1 aliphatic heterocycles. The molecule has 2 rings (SSSR count). The van der Waals surface area contributed by atoms with Crippen LogP contribution in [0.5, 0.6) is 0 Å². The van der Waals surface area contributed by atoms with Gasteiger partial charge in [0.15, 0.2) is 11.1 Å². The highest BCUT2D eigenvalue weighted by atomic mass is 35.5. The molecule has 1 saturated heterocycles. The van der Waals surface area contributed by atoms with Crippen LogP contribution in [0.25, 0.3) is 0 Å². The van der Waals surface area contributed by atoms with Gasteiger partial charge in [-0.05, 0) is 13.8 Å². The molecule has 1 aliphatic rings. The zero-order valence-electron chi connectivity index (χ0n) is 12.4. The van der Waals surface area contributed by atoms with Crippen LogP contribution in [0.15, 0.2) is 15.7 Å². The van der Waals surface area contributed by atoms with Crippen molar-refractivity contribution in [3.8, 4) is 11.8 Å². The Kier molecular flexibility index (Phi) is 4.96. The number of aliphatic hydroxyl groups excluding tert-OH is 2. The number of hydrogen-bond acceptors (Lipinski definition) is 5. The number of ether oxygens (including phenoxy) is 1. The normalized spacial score (nSPS) is 31.5. The Morgan fingerprint density at radius 2 is 2.26 bits per heavy atom. The third-order valence-corrected chi connectivity index (χ3v) is 4.12. The summed E-state index contributed by atoms with van der Waals surface area (Å²) in [6.07, 6.45) is -5.04. The van der Waals surface area contributed by atoms with Gasteiger partial charge in [0, 0.05) is 11.8 Å². The minimum Gasteiger partial charge on any atom is -0.391 e. The fourth-order valence-electron chi connectivity index (χ4n) is 2.55. The Bertz CT molecular complexity index is 765. The van der Waals surface area contributed by atoms with Crippen molar-refractivity contribution >= 4 is 11.6 Å². The molecule has 126 valence electrons. The van der Waals surface area contributed by atoms with Crippen LogP contribution < -0.4 is 11.2 Å². The lowest BCUT2D eigenvalue weighted by Crippen LogP contribution is -2.45. The predicted molar refractivity (Wildman–Crippen MR) is 80.0 cm³/mol. The molecule has 0 amide bonds. The highest BCUT2D eigenvalue weighted by molar-refractivity contribution is 6.27.